The first-order chi connectivity index (χ1) is 14.0. The first-order valence-corrected chi connectivity index (χ1v) is 9.02. The van der Waals surface area contributed by atoms with Crippen LogP contribution in [0.25, 0.3) is 17.3 Å². The fourth-order valence-electron chi connectivity index (χ4n) is 2.58. The van der Waals surface area contributed by atoms with Crippen LogP contribution in [0.1, 0.15) is 15.9 Å². The Hall–Kier alpha value is -4.01. The fraction of sp³-hybridized carbons (Fsp3) is 0.0476. The normalized spacial score (nSPS) is 10.8. The lowest BCUT2D eigenvalue weighted by Crippen LogP contribution is -2.30. The highest BCUT2D eigenvalue weighted by atomic mass is 32.1. The Bertz CT molecular complexity index is 1320. The van der Waals surface area contributed by atoms with Crippen LogP contribution in [0.2, 0.25) is 0 Å². The van der Waals surface area contributed by atoms with Crippen LogP contribution in [0, 0.1) is 28.5 Å². The van der Waals surface area contributed by atoms with Crippen LogP contribution in [0.5, 0.6) is 0 Å². The first-order valence-electron chi connectivity index (χ1n) is 8.21. The number of thiazole rings is 1. The molecule has 0 atom stereocenters. The molecule has 0 aliphatic carbocycles. The van der Waals surface area contributed by atoms with Crippen molar-refractivity contribution in [1.29, 1.82) is 10.5 Å². The smallest absolute Gasteiger partial charge is 0.337 e. The lowest BCUT2D eigenvalue weighted by Gasteiger charge is -2.01. The second-order valence-electron chi connectivity index (χ2n) is 5.74. The molecule has 0 N–H and O–H groups in total. The van der Waals surface area contributed by atoms with Crippen LogP contribution in [-0.4, -0.2) is 17.6 Å². The molecule has 0 amide bonds. The number of hydrogen-bond donors (Lipinski definition) is 0. The van der Waals surface area contributed by atoms with E-state index in [-0.39, 0.29) is 14.8 Å². The Morgan fingerprint density at radius 1 is 1.10 bits per heavy atom. The molecule has 0 radical (unpaired) electrons. The minimum absolute atomic E-state index is 0.157. The summed E-state index contributed by atoms with van der Waals surface area (Å²) in [6.45, 7) is 0. The van der Waals surface area contributed by atoms with E-state index in [1.54, 1.807) is 42.5 Å². The molecule has 2 aromatic carbocycles. The average Bonchev–Trinajstić information content (AvgIpc) is 3.05. The van der Waals surface area contributed by atoms with Crippen molar-refractivity contribution in [2.45, 2.75) is 0 Å². The third-order valence-corrected chi connectivity index (χ3v) is 5.07. The second-order valence-corrected chi connectivity index (χ2v) is 6.78. The molecule has 1 heterocycles. The Kier molecular flexibility index (Phi) is 5.68. The fourth-order valence-corrected chi connectivity index (χ4v) is 3.63. The zero-order valence-electron chi connectivity index (χ0n) is 15.0. The number of nitrogens with zero attached hydrogens (tertiary/aromatic N) is 3. The molecule has 1 aromatic heterocycles. The Morgan fingerprint density at radius 2 is 1.72 bits per heavy atom. The Balaban J connectivity index is 2.25. The molecule has 0 saturated heterocycles. The minimum atomic E-state index is -0.476. The van der Waals surface area contributed by atoms with Crippen LogP contribution in [-0.2, 0) is 4.74 Å². The van der Waals surface area contributed by atoms with Crippen molar-refractivity contribution in [3.63, 3.8) is 0 Å². The first kappa shape index (κ1) is 19.7. The van der Waals surface area contributed by atoms with Gasteiger partial charge in [-0.1, -0.05) is 12.1 Å². The maximum Gasteiger partial charge on any atom is 0.337 e. The number of hydrogen-bond acceptors (Lipinski definition) is 6. The van der Waals surface area contributed by atoms with Crippen molar-refractivity contribution in [2.75, 3.05) is 7.11 Å². The number of halogens is 1. The van der Waals surface area contributed by atoms with E-state index >= 15 is 0 Å². The molecule has 0 aliphatic rings. The number of ether oxygens (including phenoxy) is 1. The summed E-state index contributed by atoms with van der Waals surface area (Å²) in [4.78, 5) is 24.5. The van der Waals surface area contributed by atoms with E-state index in [0.29, 0.717) is 16.8 Å². The zero-order valence-corrected chi connectivity index (χ0v) is 15.9. The molecule has 0 spiro atoms. The van der Waals surface area contributed by atoms with Crippen molar-refractivity contribution in [3.05, 3.63) is 85.0 Å². The summed E-state index contributed by atoms with van der Waals surface area (Å²) in [5, 5.41) is 18.5. The maximum absolute atomic E-state index is 13.3. The number of methoxy groups -OCH3 is 1. The maximum atomic E-state index is 13.3. The van der Waals surface area contributed by atoms with E-state index in [2.05, 4.69) is 4.74 Å². The minimum Gasteiger partial charge on any atom is -0.465 e. The van der Waals surface area contributed by atoms with Crippen molar-refractivity contribution < 1.29 is 13.9 Å². The summed E-state index contributed by atoms with van der Waals surface area (Å²) in [6.07, 6.45) is 1.59. The molecule has 3 aromatic rings. The van der Waals surface area contributed by atoms with Gasteiger partial charge in [-0.15, -0.1) is 11.3 Å². The van der Waals surface area contributed by atoms with E-state index in [1.165, 1.54) is 35.9 Å². The molecule has 0 fully saturated rings. The van der Waals surface area contributed by atoms with Gasteiger partial charge in [0.25, 0.3) is 5.56 Å². The van der Waals surface area contributed by atoms with Gasteiger partial charge in [0, 0.05) is 0 Å². The highest BCUT2D eigenvalue weighted by Crippen LogP contribution is 2.08. The van der Waals surface area contributed by atoms with Gasteiger partial charge in [-0.2, -0.15) is 10.5 Å². The summed E-state index contributed by atoms with van der Waals surface area (Å²) in [6, 6.07) is 15.2. The highest BCUT2D eigenvalue weighted by Gasteiger charge is 2.11. The molecule has 0 bridgehead atoms. The molecular formula is C21H12FN3O3S. The standard InChI is InChI=1S/C21H12FN3O3S/c1-28-21(27)14-4-2-13(3-5-14)10-18-19(26)25(17-8-6-16(22)7-9-17)20(29-18)15(11-23)12-24/h2-10H,1H3. The van der Waals surface area contributed by atoms with Gasteiger partial charge in [0.2, 0.25) is 0 Å². The number of aromatic nitrogens is 1. The third-order valence-electron chi connectivity index (χ3n) is 3.98. The summed E-state index contributed by atoms with van der Waals surface area (Å²) in [7, 11) is 1.28. The number of rotatable bonds is 3. The van der Waals surface area contributed by atoms with Gasteiger partial charge in [0.15, 0.2) is 5.57 Å². The number of esters is 1. The topological polar surface area (TPSA) is 95.9 Å². The van der Waals surface area contributed by atoms with Gasteiger partial charge in [-0.05, 0) is 48.0 Å². The van der Waals surface area contributed by atoms with Gasteiger partial charge >= 0.3 is 5.97 Å². The van der Waals surface area contributed by atoms with Crippen molar-refractivity contribution in [1.82, 2.24) is 4.57 Å². The molecule has 142 valence electrons. The average molecular weight is 405 g/mol. The number of nitriles is 2. The zero-order chi connectivity index (χ0) is 21.0. The van der Waals surface area contributed by atoms with Crippen LogP contribution in [0.4, 0.5) is 4.39 Å². The number of benzene rings is 2. The molecule has 0 unspecified atom stereocenters. The quantitative estimate of drug-likeness (QED) is 0.620. The van der Waals surface area contributed by atoms with Crippen LogP contribution in [0.15, 0.2) is 53.3 Å². The van der Waals surface area contributed by atoms with Gasteiger partial charge in [0.05, 0.1) is 22.9 Å². The molecule has 29 heavy (non-hydrogen) atoms. The molecular weight excluding hydrogens is 393 g/mol. The second kappa shape index (κ2) is 8.34. The van der Waals surface area contributed by atoms with Gasteiger partial charge < -0.3 is 4.74 Å². The van der Waals surface area contributed by atoms with E-state index in [0.717, 1.165) is 11.3 Å². The predicted octanol–water partition coefficient (Wildman–Crippen LogP) is 1.85. The van der Waals surface area contributed by atoms with Gasteiger partial charge in [-0.25, -0.2) is 9.18 Å². The van der Waals surface area contributed by atoms with Gasteiger partial charge in [-0.3, -0.25) is 9.36 Å². The predicted molar refractivity (Wildman–Crippen MR) is 105 cm³/mol. The lowest BCUT2D eigenvalue weighted by atomic mass is 10.1. The van der Waals surface area contributed by atoms with E-state index in [4.69, 9.17) is 0 Å². The van der Waals surface area contributed by atoms with Crippen molar-refractivity contribution >= 4 is 29.0 Å². The van der Waals surface area contributed by atoms with Crippen molar-refractivity contribution in [3.8, 4) is 17.8 Å². The van der Waals surface area contributed by atoms with Crippen LogP contribution < -0.4 is 14.8 Å². The monoisotopic (exact) mass is 405 g/mol. The van der Waals surface area contributed by atoms with E-state index in [1.807, 2.05) is 0 Å². The summed E-state index contributed by atoms with van der Waals surface area (Å²) >= 11 is 0.980. The number of carbonyl (C=O) groups excluding carboxylic acids is 1. The lowest BCUT2D eigenvalue weighted by molar-refractivity contribution is 0.0600. The van der Waals surface area contributed by atoms with Crippen LogP contribution >= 0.6 is 11.3 Å². The van der Waals surface area contributed by atoms with E-state index < -0.39 is 17.3 Å². The van der Waals surface area contributed by atoms with Crippen LogP contribution in [0.3, 0.4) is 0 Å². The van der Waals surface area contributed by atoms with E-state index in [9.17, 15) is 24.5 Å². The SMILES string of the molecule is COC(=O)c1ccc(C=c2sc(=C(C#N)C#N)n(-c3ccc(F)cc3)c2=O)cc1. The van der Waals surface area contributed by atoms with Gasteiger partial charge in [0.1, 0.15) is 22.6 Å². The summed E-state index contributed by atoms with van der Waals surface area (Å²) < 4.78 is 19.6. The number of carbonyl (C=O) groups is 1. The summed E-state index contributed by atoms with van der Waals surface area (Å²) in [5.74, 6) is -0.947. The van der Waals surface area contributed by atoms with Crippen molar-refractivity contribution in [2.24, 2.45) is 0 Å². The molecule has 6 nitrogen and oxygen atoms in total. The molecule has 8 heteroatoms. The Labute approximate surface area is 168 Å². The molecule has 3 rings (SSSR count). The third kappa shape index (κ3) is 3.98. The molecule has 0 saturated carbocycles. The highest BCUT2D eigenvalue weighted by molar-refractivity contribution is 7.07. The summed E-state index contributed by atoms with van der Waals surface area (Å²) in [5.41, 5.74) is 0.675. The molecule has 0 aliphatic heterocycles. The Morgan fingerprint density at radius 3 is 2.28 bits per heavy atom. The largest absolute Gasteiger partial charge is 0.465 e.